The molecule has 0 aliphatic carbocycles. The number of nitriles is 1. The van der Waals surface area contributed by atoms with E-state index in [-0.39, 0.29) is 0 Å². The minimum Gasteiger partial charge on any atom is -0.399 e. The van der Waals surface area contributed by atoms with E-state index in [9.17, 15) is 0 Å². The summed E-state index contributed by atoms with van der Waals surface area (Å²) in [5.74, 6) is 0. The third kappa shape index (κ3) is 1.82. The lowest BCUT2D eigenvalue weighted by Gasteiger charge is -2.04. The Balaban J connectivity index is 2.49. The summed E-state index contributed by atoms with van der Waals surface area (Å²) in [6, 6.07) is 15.0. The highest BCUT2D eigenvalue weighted by atomic mass is 14.6. The van der Waals surface area contributed by atoms with Gasteiger partial charge in [-0.1, -0.05) is 18.2 Å². The first-order valence-electron chi connectivity index (χ1n) is 4.86. The summed E-state index contributed by atoms with van der Waals surface area (Å²) >= 11 is 0. The summed E-state index contributed by atoms with van der Waals surface area (Å²) in [7, 11) is 0. The number of nitrogens with zero attached hydrogens (tertiary/aromatic N) is 1. The van der Waals surface area contributed by atoms with E-state index in [0.717, 1.165) is 16.8 Å². The summed E-state index contributed by atoms with van der Waals surface area (Å²) < 4.78 is 0. The van der Waals surface area contributed by atoms with Gasteiger partial charge in [-0.15, -0.1) is 0 Å². The van der Waals surface area contributed by atoms with Crippen LogP contribution < -0.4 is 11.5 Å². The van der Waals surface area contributed by atoms with Crippen LogP contribution in [0.4, 0.5) is 11.4 Å². The Hall–Kier alpha value is -2.47. The van der Waals surface area contributed by atoms with E-state index in [4.69, 9.17) is 16.7 Å². The first-order chi connectivity index (χ1) is 7.70. The van der Waals surface area contributed by atoms with Crippen molar-refractivity contribution in [2.24, 2.45) is 0 Å². The molecule has 0 saturated heterocycles. The summed E-state index contributed by atoms with van der Waals surface area (Å²) in [6.45, 7) is 0. The minimum absolute atomic E-state index is 0.495. The largest absolute Gasteiger partial charge is 0.399 e. The van der Waals surface area contributed by atoms with Crippen molar-refractivity contribution in [3.63, 3.8) is 0 Å². The molecule has 3 heteroatoms. The van der Waals surface area contributed by atoms with Gasteiger partial charge in [-0.05, 0) is 35.4 Å². The Bertz CT molecular complexity index is 550. The number of anilines is 2. The maximum atomic E-state index is 8.88. The monoisotopic (exact) mass is 209 g/mol. The lowest BCUT2D eigenvalue weighted by molar-refractivity contribution is 1.48. The van der Waals surface area contributed by atoms with E-state index >= 15 is 0 Å². The van der Waals surface area contributed by atoms with Crippen LogP contribution in [0.25, 0.3) is 11.1 Å². The maximum Gasteiger partial charge on any atom is 0.101 e. The summed E-state index contributed by atoms with van der Waals surface area (Å²) in [5, 5.41) is 8.88. The van der Waals surface area contributed by atoms with Crippen LogP contribution in [0.5, 0.6) is 0 Å². The normalized spacial score (nSPS) is 9.69. The van der Waals surface area contributed by atoms with E-state index in [2.05, 4.69) is 6.07 Å². The Kier molecular flexibility index (Phi) is 2.49. The smallest absolute Gasteiger partial charge is 0.101 e. The van der Waals surface area contributed by atoms with Gasteiger partial charge < -0.3 is 11.5 Å². The molecule has 0 heterocycles. The molecule has 2 aromatic carbocycles. The molecule has 0 aromatic heterocycles. The quantitative estimate of drug-likeness (QED) is 0.708. The van der Waals surface area contributed by atoms with Crippen LogP contribution >= 0.6 is 0 Å². The third-order valence-corrected chi connectivity index (χ3v) is 2.42. The molecule has 0 amide bonds. The van der Waals surface area contributed by atoms with Gasteiger partial charge in [-0.2, -0.15) is 5.26 Å². The zero-order valence-electron chi connectivity index (χ0n) is 8.64. The SMILES string of the molecule is N#Cc1cc(-c2ccc(N)cc2)ccc1N. The molecule has 16 heavy (non-hydrogen) atoms. The van der Waals surface area contributed by atoms with Gasteiger partial charge >= 0.3 is 0 Å². The zero-order valence-corrected chi connectivity index (χ0v) is 8.64. The molecule has 2 aromatic rings. The van der Waals surface area contributed by atoms with Crippen molar-refractivity contribution < 1.29 is 0 Å². The molecule has 0 aliphatic heterocycles. The highest BCUT2D eigenvalue weighted by Gasteiger charge is 2.02. The van der Waals surface area contributed by atoms with Gasteiger partial charge in [0.2, 0.25) is 0 Å². The molecular weight excluding hydrogens is 198 g/mol. The molecule has 0 bridgehead atoms. The molecule has 0 fully saturated rings. The molecule has 0 atom stereocenters. The lowest BCUT2D eigenvalue weighted by Crippen LogP contribution is -1.90. The van der Waals surface area contributed by atoms with Gasteiger partial charge in [0.05, 0.1) is 5.56 Å². The van der Waals surface area contributed by atoms with E-state index in [1.165, 1.54) is 0 Å². The predicted molar refractivity (Wildman–Crippen MR) is 65.4 cm³/mol. The third-order valence-electron chi connectivity index (χ3n) is 2.42. The first-order valence-corrected chi connectivity index (χ1v) is 4.86. The second-order valence-corrected chi connectivity index (χ2v) is 3.54. The molecule has 0 unspecified atom stereocenters. The van der Waals surface area contributed by atoms with Crippen molar-refractivity contribution in [2.45, 2.75) is 0 Å². The van der Waals surface area contributed by atoms with Crippen LogP contribution in [-0.2, 0) is 0 Å². The second-order valence-electron chi connectivity index (χ2n) is 3.54. The fourth-order valence-corrected chi connectivity index (χ4v) is 1.51. The fourth-order valence-electron chi connectivity index (χ4n) is 1.51. The van der Waals surface area contributed by atoms with Gasteiger partial charge in [0, 0.05) is 11.4 Å². The topological polar surface area (TPSA) is 75.8 Å². The van der Waals surface area contributed by atoms with Gasteiger partial charge in [-0.3, -0.25) is 0 Å². The number of rotatable bonds is 1. The van der Waals surface area contributed by atoms with E-state index < -0.39 is 0 Å². The van der Waals surface area contributed by atoms with Crippen molar-refractivity contribution in [3.8, 4) is 17.2 Å². The average Bonchev–Trinajstić information content (AvgIpc) is 2.31. The number of nitrogens with two attached hydrogens (primary N) is 2. The predicted octanol–water partition coefficient (Wildman–Crippen LogP) is 2.39. The van der Waals surface area contributed by atoms with Gasteiger partial charge in [-0.25, -0.2) is 0 Å². The Morgan fingerprint density at radius 2 is 1.50 bits per heavy atom. The molecular formula is C13H11N3. The Labute approximate surface area is 93.9 Å². The molecule has 0 saturated carbocycles. The molecule has 3 nitrogen and oxygen atoms in total. The molecule has 78 valence electrons. The summed E-state index contributed by atoms with van der Waals surface area (Å²) in [5.41, 5.74) is 15.0. The van der Waals surface area contributed by atoms with Crippen molar-refractivity contribution in [1.82, 2.24) is 0 Å². The van der Waals surface area contributed by atoms with Crippen molar-refractivity contribution in [1.29, 1.82) is 5.26 Å². The molecule has 2 rings (SSSR count). The highest BCUT2D eigenvalue weighted by molar-refractivity contribution is 5.70. The van der Waals surface area contributed by atoms with Gasteiger partial charge in [0.25, 0.3) is 0 Å². The van der Waals surface area contributed by atoms with Crippen molar-refractivity contribution in [3.05, 3.63) is 48.0 Å². The van der Waals surface area contributed by atoms with E-state index in [0.29, 0.717) is 11.3 Å². The van der Waals surface area contributed by atoms with Gasteiger partial charge in [0.15, 0.2) is 0 Å². The minimum atomic E-state index is 0.495. The second kappa shape index (κ2) is 3.95. The van der Waals surface area contributed by atoms with Crippen LogP contribution in [0.15, 0.2) is 42.5 Å². The lowest BCUT2D eigenvalue weighted by atomic mass is 10.0. The van der Waals surface area contributed by atoms with Crippen molar-refractivity contribution >= 4 is 11.4 Å². The van der Waals surface area contributed by atoms with E-state index in [1.807, 2.05) is 30.3 Å². The van der Waals surface area contributed by atoms with Crippen LogP contribution in [0, 0.1) is 11.3 Å². The van der Waals surface area contributed by atoms with Crippen molar-refractivity contribution in [2.75, 3.05) is 11.5 Å². The molecule has 0 aliphatic rings. The molecule has 0 spiro atoms. The fraction of sp³-hybridized carbons (Fsp3) is 0. The van der Waals surface area contributed by atoms with E-state index in [1.54, 1.807) is 12.1 Å². The molecule has 4 N–H and O–H groups in total. The van der Waals surface area contributed by atoms with Crippen LogP contribution in [0.3, 0.4) is 0 Å². The summed E-state index contributed by atoms with van der Waals surface area (Å²) in [6.07, 6.45) is 0. The standard InChI is InChI=1S/C13H11N3/c14-8-11-7-10(3-6-13(11)16)9-1-4-12(15)5-2-9/h1-7H,15-16H2. The van der Waals surface area contributed by atoms with Crippen LogP contribution in [-0.4, -0.2) is 0 Å². The average molecular weight is 209 g/mol. The zero-order chi connectivity index (χ0) is 11.5. The molecule has 0 radical (unpaired) electrons. The Morgan fingerprint density at radius 1 is 0.875 bits per heavy atom. The number of hydrogen-bond donors (Lipinski definition) is 2. The first kappa shape index (κ1) is 10.1. The number of nitrogen functional groups attached to an aromatic ring is 2. The van der Waals surface area contributed by atoms with Gasteiger partial charge in [0.1, 0.15) is 6.07 Å². The summed E-state index contributed by atoms with van der Waals surface area (Å²) in [4.78, 5) is 0. The highest BCUT2D eigenvalue weighted by Crippen LogP contribution is 2.24. The number of hydrogen-bond acceptors (Lipinski definition) is 3. The van der Waals surface area contributed by atoms with Crippen LogP contribution in [0.1, 0.15) is 5.56 Å². The Morgan fingerprint density at radius 3 is 2.12 bits per heavy atom. The maximum absolute atomic E-state index is 8.88. The number of benzene rings is 2. The van der Waals surface area contributed by atoms with Crippen LogP contribution in [0.2, 0.25) is 0 Å².